The minimum absolute atomic E-state index is 0.0344. The molecule has 2 fully saturated rings. The lowest BCUT2D eigenvalue weighted by molar-refractivity contribution is 0.117. The van der Waals surface area contributed by atoms with Crippen LogP contribution in [0.3, 0.4) is 0 Å². The highest BCUT2D eigenvalue weighted by Crippen LogP contribution is 2.38. The van der Waals surface area contributed by atoms with E-state index in [1.54, 1.807) is 6.26 Å². The monoisotopic (exact) mass is 371 g/mol. The molecule has 2 aliphatic heterocycles. The van der Waals surface area contributed by atoms with Crippen LogP contribution in [-0.4, -0.2) is 58.8 Å². The number of rotatable bonds is 3. The molecule has 1 N–H and O–H groups in total. The maximum atomic E-state index is 12.9. The fourth-order valence-electron chi connectivity index (χ4n) is 4.51. The highest BCUT2D eigenvalue weighted by molar-refractivity contribution is 5.89. The molecule has 7 nitrogen and oxygen atoms in total. The number of carbonyl (C=O) groups is 1. The summed E-state index contributed by atoms with van der Waals surface area (Å²) in [6.45, 7) is 8.01. The third-order valence-corrected chi connectivity index (χ3v) is 5.81. The van der Waals surface area contributed by atoms with Crippen molar-refractivity contribution in [3.63, 3.8) is 0 Å². The van der Waals surface area contributed by atoms with E-state index in [4.69, 9.17) is 4.42 Å². The summed E-state index contributed by atoms with van der Waals surface area (Å²) in [6.07, 6.45) is 5.16. The smallest absolute Gasteiger partial charge is 0.323 e. The van der Waals surface area contributed by atoms with Crippen LogP contribution in [0.2, 0.25) is 0 Å². The molecular formula is C20H29N5O2. The number of carbonyl (C=O) groups excluding carboxylic acids is 1. The van der Waals surface area contributed by atoms with Gasteiger partial charge in [0.05, 0.1) is 6.26 Å². The van der Waals surface area contributed by atoms with Gasteiger partial charge in [0.1, 0.15) is 11.5 Å². The highest BCUT2D eigenvalue weighted by Gasteiger charge is 2.42. The first-order chi connectivity index (χ1) is 13.0. The lowest BCUT2D eigenvalue weighted by Crippen LogP contribution is -2.44. The van der Waals surface area contributed by atoms with E-state index < -0.39 is 0 Å². The second kappa shape index (κ2) is 7.03. The summed E-state index contributed by atoms with van der Waals surface area (Å²) in [5.74, 6) is 1.42. The van der Waals surface area contributed by atoms with Crippen LogP contribution < -0.4 is 5.32 Å². The number of aromatic nitrogens is 2. The van der Waals surface area contributed by atoms with Crippen molar-refractivity contribution in [2.45, 2.75) is 39.2 Å². The third-order valence-electron chi connectivity index (χ3n) is 5.81. The first-order valence-electron chi connectivity index (χ1n) is 9.84. The summed E-state index contributed by atoms with van der Waals surface area (Å²) in [4.78, 5) is 17.3. The van der Waals surface area contributed by atoms with Gasteiger partial charge in [-0.2, -0.15) is 5.10 Å². The van der Waals surface area contributed by atoms with Gasteiger partial charge in [-0.05, 0) is 58.8 Å². The van der Waals surface area contributed by atoms with Crippen molar-refractivity contribution in [1.29, 1.82) is 0 Å². The van der Waals surface area contributed by atoms with Crippen LogP contribution in [0.5, 0.6) is 0 Å². The van der Waals surface area contributed by atoms with Crippen molar-refractivity contribution >= 4 is 11.8 Å². The molecule has 2 saturated heterocycles. The largest absolute Gasteiger partial charge is 0.463 e. The van der Waals surface area contributed by atoms with E-state index in [0.29, 0.717) is 11.6 Å². The van der Waals surface area contributed by atoms with Gasteiger partial charge < -0.3 is 14.2 Å². The number of furan rings is 1. The fraction of sp³-hybridized carbons (Fsp3) is 0.600. The van der Waals surface area contributed by atoms with Crippen LogP contribution in [0.15, 0.2) is 28.9 Å². The molecule has 27 heavy (non-hydrogen) atoms. The molecule has 1 spiro atoms. The lowest BCUT2D eigenvalue weighted by atomic mass is 9.79. The number of piperidine rings is 1. The highest BCUT2D eigenvalue weighted by atomic mass is 16.3. The molecule has 1 atom stereocenters. The standard InChI is InChI=1S/C20H29N5O2/c1-15(2)25-18(12-16(22-25)17-6-4-11-27-17)21-19(26)24-10-8-20(14-24)7-5-9-23(3)13-20/h4,6,11-12,15H,5,7-10,13-14H2,1-3H3,(H,21,26). The van der Waals surface area contributed by atoms with Crippen molar-refractivity contribution in [3.05, 3.63) is 24.5 Å². The van der Waals surface area contributed by atoms with Crippen LogP contribution in [0.25, 0.3) is 11.5 Å². The molecule has 0 aliphatic carbocycles. The van der Waals surface area contributed by atoms with Crippen LogP contribution in [0.4, 0.5) is 10.6 Å². The van der Waals surface area contributed by atoms with Gasteiger partial charge in [-0.15, -0.1) is 0 Å². The van der Waals surface area contributed by atoms with Crippen molar-refractivity contribution in [2.75, 3.05) is 38.5 Å². The van der Waals surface area contributed by atoms with E-state index in [1.807, 2.05) is 27.8 Å². The molecule has 4 rings (SSSR count). The quantitative estimate of drug-likeness (QED) is 0.894. The summed E-state index contributed by atoms with van der Waals surface area (Å²) < 4.78 is 7.30. The first kappa shape index (κ1) is 18.1. The molecule has 2 amide bonds. The van der Waals surface area contributed by atoms with Gasteiger partial charge in [-0.1, -0.05) is 0 Å². The van der Waals surface area contributed by atoms with Crippen molar-refractivity contribution in [3.8, 4) is 11.5 Å². The molecule has 0 saturated carbocycles. The molecule has 146 valence electrons. The minimum atomic E-state index is -0.0344. The topological polar surface area (TPSA) is 66.5 Å². The Kier molecular flexibility index (Phi) is 4.72. The molecular weight excluding hydrogens is 342 g/mol. The number of urea groups is 1. The van der Waals surface area contributed by atoms with E-state index >= 15 is 0 Å². The lowest BCUT2D eigenvalue weighted by Gasteiger charge is -2.38. The number of nitrogens with zero attached hydrogens (tertiary/aromatic N) is 4. The number of anilines is 1. The van der Waals surface area contributed by atoms with Crippen LogP contribution in [0, 0.1) is 5.41 Å². The van der Waals surface area contributed by atoms with E-state index in [-0.39, 0.29) is 17.5 Å². The summed E-state index contributed by atoms with van der Waals surface area (Å²) in [5, 5.41) is 7.69. The Morgan fingerprint density at radius 1 is 1.30 bits per heavy atom. The molecule has 0 aromatic carbocycles. The van der Waals surface area contributed by atoms with Crippen molar-refractivity contribution < 1.29 is 9.21 Å². The average molecular weight is 371 g/mol. The van der Waals surface area contributed by atoms with Crippen molar-refractivity contribution in [2.24, 2.45) is 5.41 Å². The Balaban J connectivity index is 1.48. The van der Waals surface area contributed by atoms with Gasteiger partial charge >= 0.3 is 6.03 Å². The number of amides is 2. The van der Waals surface area contributed by atoms with Crippen molar-refractivity contribution in [1.82, 2.24) is 19.6 Å². The zero-order valence-corrected chi connectivity index (χ0v) is 16.4. The van der Waals surface area contributed by atoms with E-state index in [1.165, 1.54) is 12.8 Å². The van der Waals surface area contributed by atoms with Crippen LogP contribution >= 0.6 is 0 Å². The van der Waals surface area contributed by atoms with E-state index in [0.717, 1.165) is 38.3 Å². The molecule has 2 aromatic heterocycles. The average Bonchev–Trinajstić information content (AvgIpc) is 3.34. The first-order valence-corrected chi connectivity index (χ1v) is 9.84. The molecule has 2 aliphatic rings. The van der Waals surface area contributed by atoms with Crippen LogP contribution in [0.1, 0.15) is 39.2 Å². The second-order valence-corrected chi connectivity index (χ2v) is 8.37. The molecule has 4 heterocycles. The number of likely N-dealkylation sites (tertiary alicyclic amines) is 2. The fourth-order valence-corrected chi connectivity index (χ4v) is 4.51. The van der Waals surface area contributed by atoms with Gasteiger partial charge in [-0.25, -0.2) is 9.48 Å². The number of hydrogen-bond acceptors (Lipinski definition) is 4. The maximum Gasteiger partial charge on any atom is 0.323 e. The van der Waals surface area contributed by atoms with E-state index in [2.05, 4.69) is 36.2 Å². The number of hydrogen-bond donors (Lipinski definition) is 1. The minimum Gasteiger partial charge on any atom is -0.463 e. The molecule has 2 aromatic rings. The van der Waals surface area contributed by atoms with Gasteiger partial charge in [0.2, 0.25) is 0 Å². The Morgan fingerprint density at radius 3 is 2.85 bits per heavy atom. The predicted octanol–water partition coefficient (Wildman–Crippen LogP) is 3.67. The predicted molar refractivity (Wildman–Crippen MR) is 105 cm³/mol. The normalized spacial score (nSPS) is 23.5. The third kappa shape index (κ3) is 3.60. The Hall–Kier alpha value is -2.28. The molecule has 0 radical (unpaired) electrons. The second-order valence-electron chi connectivity index (χ2n) is 8.37. The molecule has 7 heteroatoms. The Bertz CT molecular complexity index is 797. The molecule has 0 bridgehead atoms. The van der Waals surface area contributed by atoms with Gasteiger partial charge in [0, 0.05) is 37.2 Å². The summed E-state index contributed by atoms with van der Waals surface area (Å²) in [5.41, 5.74) is 0.998. The number of nitrogens with one attached hydrogen (secondary N) is 1. The zero-order chi connectivity index (χ0) is 19.0. The summed E-state index contributed by atoms with van der Waals surface area (Å²) in [7, 11) is 2.18. The Morgan fingerprint density at radius 2 is 2.15 bits per heavy atom. The molecule has 1 unspecified atom stereocenters. The van der Waals surface area contributed by atoms with E-state index in [9.17, 15) is 4.79 Å². The maximum absolute atomic E-state index is 12.9. The Labute approximate surface area is 160 Å². The summed E-state index contributed by atoms with van der Waals surface area (Å²) in [6, 6.07) is 5.71. The van der Waals surface area contributed by atoms with Gasteiger partial charge in [0.15, 0.2) is 5.76 Å². The zero-order valence-electron chi connectivity index (χ0n) is 16.4. The SMILES string of the molecule is CC(C)n1nc(-c2ccco2)cc1NC(=O)N1CCC2(CCCN(C)C2)C1. The van der Waals surface area contributed by atoms with Crippen LogP contribution in [-0.2, 0) is 0 Å². The van der Waals surface area contributed by atoms with Gasteiger partial charge in [0.25, 0.3) is 0 Å². The summed E-state index contributed by atoms with van der Waals surface area (Å²) >= 11 is 0. The van der Waals surface area contributed by atoms with Gasteiger partial charge in [-0.3, -0.25) is 5.32 Å².